The number of aryl methyl sites for hydroxylation is 1. The average molecular weight is 307 g/mol. The largest absolute Gasteiger partial charge is 0.468 e. The summed E-state index contributed by atoms with van der Waals surface area (Å²) in [5.41, 5.74) is 1.91. The summed E-state index contributed by atoms with van der Waals surface area (Å²) in [6.07, 6.45) is 0. The molecule has 2 aromatic rings. The monoisotopic (exact) mass is 307 g/mol. The summed E-state index contributed by atoms with van der Waals surface area (Å²) in [4.78, 5) is 16.3. The second kappa shape index (κ2) is 5.57. The quantitative estimate of drug-likeness (QED) is 0.818. The van der Waals surface area contributed by atoms with Gasteiger partial charge >= 0.3 is 5.97 Å². The Bertz CT molecular complexity index is 713. The Morgan fingerprint density at radius 2 is 2.19 bits per heavy atom. The third kappa shape index (κ3) is 2.58. The average Bonchev–Trinajstić information content (AvgIpc) is 2.83. The predicted octanol–water partition coefficient (Wildman–Crippen LogP) is 0.508. The molecular formula is C14H17N3O3S. The number of carbonyl (C=O) groups is 1. The summed E-state index contributed by atoms with van der Waals surface area (Å²) < 4.78 is 18.8. The minimum atomic E-state index is -1.07. The van der Waals surface area contributed by atoms with Gasteiger partial charge in [0.1, 0.15) is 11.9 Å². The van der Waals surface area contributed by atoms with Crippen LogP contribution in [0.15, 0.2) is 24.3 Å². The zero-order valence-electron chi connectivity index (χ0n) is 11.9. The van der Waals surface area contributed by atoms with Gasteiger partial charge < -0.3 is 9.30 Å². The number of ether oxygens (including phenoxy) is 1. The molecule has 1 aliphatic heterocycles. The Kier molecular flexibility index (Phi) is 3.77. The van der Waals surface area contributed by atoms with Gasteiger partial charge in [-0.2, -0.15) is 0 Å². The van der Waals surface area contributed by atoms with Crippen LogP contribution in [0.25, 0.3) is 11.0 Å². The molecule has 1 saturated heterocycles. The molecule has 3 rings (SSSR count). The molecule has 3 atom stereocenters. The lowest BCUT2D eigenvalue weighted by atomic mass is 10.2. The minimum Gasteiger partial charge on any atom is -0.468 e. The van der Waals surface area contributed by atoms with E-state index >= 15 is 0 Å². The topological polar surface area (TPSA) is 73.2 Å². The normalized spacial score (nSPS) is 25.9. The van der Waals surface area contributed by atoms with Gasteiger partial charge in [0.15, 0.2) is 0 Å². The van der Waals surface area contributed by atoms with Gasteiger partial charge in [0.25, 0.3) is 0 Å². The Labute approximate surface area is 124 Å². The predicted molar refractivity (Wildman–Crippen MR) is 80.3 cm³/mol. The summed E-state index contributed by atoms with van der Waals surface area (Å²) in [7, 11) is 2.20. The van der Waals surface area contributed by atoms with Crippen molar-refractivity contribution >= 4 is 27.8 Å². The SMILES string of the molecule is COC(=O)C1CS(=O)CC(c2nc3ccccc3n2C)N1. The highest BCUT2D eigenvalue weighted by Crippen LogP contribution is 2.23. The summed E-state index contributed by atoms with van der Waals surface area (Å²) >= 11 is 0. The molecular weight excluding hydrogens is 290 g/mol. The lowest BCUT2D eigenvalue weighted by Crippen LogP contribution is -2.50. The molecule has 112 valence electrons. The minimum absolute atomic E-state index is 0.221. The molecule has 3 unspecified atom stereocenters. The van der Waals surface area contributed by atoms with Gasteiger partial charge in [0.2, 0.25) is 0 Å². The highest BCUT2D eigenvalue weighted by molar-refractivity contribution is 7.85. The summed E-state index contributed by atoms with van der Waals surface area (Å²) in [6.45, 7) is 0. The van der Waals surface area contributed by atoms with Gasteiger partial charge in [0, 0.05) is 29.4 Å². The van der Waals surface area contributed by atoms with Crippen LogP contribution in [0.4, 0.5) is 0 Å². The third-order valence-electron chi connectivity index (χ3n) is 3.73. The van der Waals surface area contributed by atoms with Crippen LogP contribution in [0.1, 0.15) is 11.9 Å². The molecule has 2 heterocycles. The maximum Gasteiger partial charge on any atom is 0.323 e. The molecule has 21 heavy (non-hydrogen) atoms. The number of para-hydroxylation sites is 2. The Hall–Kier alpha value is -1.73. The molecule has 1 fully saturated rings. The molecule has 0 saturated carbocycles. The van der Waals surface area contributed by atoms with Crippen LogP contribution in [0.5, 0.6) is 0 Å². The number of fused-ring (bicyclic) bond motifs is 1. The van der Waals surface area contributed by atoms with Crippen LogP contribution in [-0.4, -0.2) is 44.4 Å². The molecule has 0 bridgehead atoms. The van der Waals surface area contributed by atoms with Crippen molar-refractivity contribution in [3.63, 3.8) is 0 Å². The van der Waals surface area contributed by atoms with E-state index in [2.05, 4.69) is 10.3 Å². The first-order valence-electron chi connectivity index (χ1n) is 6.70. The Morgan fingerprint density at radius 3 is 2.90 bits per heavy atom. The van der Waals surface area contributed by atoms with Crippen molar-refractivity contribution in [1.29, 1.82) is 0 Å². The van der Waals surface area contributed by atoms with E-state index in [4.69, 9.17) is 4.74 Å². The van der Waals surface area contributed by atoms with E-state index in [1.54, 1.807) is 0 Å². The van der Waals surface area contributed by atoms with E-state index in [1.165, 1.54) is 7.11 Å². The number of carbonyl (C=O) groups excluding carboxylic acids is 1. The molecule has 1 N–H and O–H groups in total. The number of aromatic nitrogens is 2. The van der Waals surface area contributed by atoms with Crippen LogP contribution < -0.4 is 5.32 Å². The summed E-state index contributed by atoms with van der Waals surface area (Å²) in [5.74, 6) is 1.14. The van der Waals surface area contributed by atoms with Crippen LogP contribution in [0.3, 0.4) is 0 Å². The molecule has 0 spiro atoms. The molecule has 0 radical (unpaired) electrons. The second-order valence-electron chi connectivity index (χ2n) is 5.09. The molecule has 0 amide bonds. The Morgan fingerprint density at radius 1 is 1.43 bits per heavy atom. The van der Waals surface area contributed by atoms with Gasteiger partial charge in [-0.3, -0.25) is 14.3 Å². The van der Waals surface area contributed by atoms with Crippen LogP contribution in [0.2, 0.25) is 0 Å². The van der Waals surface area contributed by atoms with Crippen molar-refractivity contribution in [2.45, 2.75) is 12.1 Å². The highest BCUT2D eigenvalue weighted by Gasteiger charge is 2.34. The van der Waals surface area contributed by atoms with Crippen LogP contribution >= 0.6 is 0 Å². The first-order chi connectivity index (χ1) is 10.1. The number of hydrogen-bond donors (Lipinski definition) is 1. The third-order valence-corrected chi connectivity index (χ3v) is 5.14. The van der Waals surface area contributed by atoms with Crippen molar-refractivity contribution in [2.24, 2.45) is 7.05 Å². The molecule has 6 nitrogen and oxygen atoms in total. The van der Waals surface area contributed by atoms with E-state index in [1.807, 2.05) is 35.9 Å². The number of esters is 1. The second-order valence-corrected chi connectivity index (χ2v) is 6.63. The van der Waals surface area contributed by atoms with Crippen LogP contribution in [-0.2, 0) is 27.4 Å². The fourth-order valence-corrected chi connectivity index (χ4v) is 4.04. The fraction of sp³-hybridized carbons (Fsp3) is 0.429. The van der Waals surface area contributed by atoms with Crippen molar-refractivity contribution in [2.75, 3.05) is 18.6 Å². The van der Waals surface area contributed by atoms with Gasteiger partial charge in [-0.1, -0.05) is 12.1 Å². The van der Waals surface area contributed by atoms with Crippen molar-refractivity contribution in [1.82, 2.24) is 14.9 Å². The number of methoxy groups -OCH3 is 1. The van der Waals surface area contributed by atoms with Gasteiger partial charge in [-0.05, 0) is 12.1 Å². The van der Waals surface area contributed by atoms with Gasteiger partial charge in [-0.25, -0.2) is 4.98 Å². The van der Waals surface area contributed by atoms with E-state index in [-0.39, 0.29) is 17.8 Å². The number of hydrogen-bond acceptors (Lipinski definition) is 5. The lowest BCUT2D eigenvalue weighted by molar-refractivity contribution is -0.142. The Balaban J connectivity index is 1.95. The number of nitrogens with zero attached hydrogens (tertiary/aromatic N) is 2. The smallest absolute Gasteiger partial charge is 0.323 e. The summed E-state index contributed by atoms with van der Waals surface area (Å²) in [6, 6.07) is 7.05. The number of nitrogens with one attached hydrogen (secondary N) is 1. The van der Waals surface area contributed by atoms with Crippen LogP contribution in [0, 0.1) is 0 Å². The first-order valence-corrected chi connectivity index (χ1v) is 8.19. The van der Waals surface area contributed by atoms with E-state index in [9.17, 15) is 9.00 Å². The molecule has 7 heteroatoms. The maximum absolute atomic E-state index is 12.0. The van der Waals surface area contributed by atoms with Crippen molar-refractivity contribution < 1.29 is 13.7 Å². The molecule has 1 aromatic heterocycles. The fourth-order valence-electron chi connectivity index (χ4n) is 2.68. The highest BCUT2D eigenvalue weighted by atomic mass is 32.2. The lowest BCUT2D eigenvalue weighted by Gasteiger charge is -2.28. The van der Waals surface area contributed by atoms with E-state index in [0.29, 0.717) is 5.75 Å². The maximum atomic E-state index is 12.0. The number of imidazole rings is 1. The number of benzene rings is 1. The standard InChI is InChI=1S/C14H17N3O3S/c1-17-12-6-4-3-5-9(12)16-13(17)10-7-21(19)8-11(15-10)14(18)20-2/h3-6,10-11,15H,7-8H2,1-2H3. The van der Waals surface area contributed by atoms with E-state index < -0.39 is 16.8 Å². The van der Waals surface area contributed by atoms with Crippen molar-refractivity contribution in [3.05, 3.63) is 30.1 Å². The van der Waals surface area contributed by atoms with E-state index in [0.717, 1.165) is 16.9 Å². The summed E-state index contributed by atoms with van der Waals surface area (Å²) in [5, 5.41) is 3.20. The van der Waals surface area contributed by atoms with Gasteiger partial charge in [-0.15, -0.1) is 0 Å². The van der Waals surface area contributed by atoms with Crippen molar-refractivity contribution in [3.8, 4) is 0 Å². The molecule has 0 aliphatic carbocycles. The number of rotatable bonds is 2. The van der Waals surface area contributed by atoms with Gasteiger partial charge in [0.05, 0.1) is 24.2 Å². The molecule has 1 aromatic carbocycles. The zero-order chi connectivity index (χ0) is 15.0. The first kappa shape index (κ1) is 14.2. The zero-order valence-corrected chi connectivity index (χ0v) is 12.7. The molecule has 1 aliphatic rings.